The summed E-state index contributed by atoms with van der Waals surface area (Å²) in [5.41, 5.74) is 0.679. The highest BCUT2D eigenvalue weighted by Gasteiger charge is 1.99. The fourth-order valence-corrected chi connectivity index (χ4v) is 2.51. The number of fused-ring (bicyclic) bond motifs is 1. The van der Waals surface area contributed by atoms with Crippen molar-refractivity contribution in [1.82, 2.24) is 0 Å². The van der Waals surface area contributed by atoms with Crippen LogP contribution in [0.5, 0.6) is 5.75 Å². The lowest BCUT2D eigenvalue weighted by atomic mass is 10.1. The molecule has 0 saturated heterocycles. The molecular formula is C17H18BrNO. The molecule has 104 valence electrons. The molecule has 2 aromatic carbocycles. The molecule has 0 radical (unpaired) electrons. The SMILES string of the molecule is [C-]#[N+]c1ccc2cc(OCCCCCCBr)ccc2c1. The number of rotatable bonds is 7. The van der Waals surface area contributed by atoms with Gasteiger partial charge in [0, 0.05) is 5.33 Å². The monoisotopic (exact) mass is 331 g/mol. The predicted octanol–water partition coefficient (Wildman–Crippen LogP) is 5.72. The molecule has 0 spiro atoms. The van der Waals surface area contributed by atoms with E-state index in [1.807, 2.05) is 36.4 Å². The van der Waals surface area contributed by atoms with Crippen LogP contribution in [0.25, 0.3) is 15.6 Å². The first-order valence-corrected chi connectivity index (χ1v) is 8.05. The van der Waals surface area contributed by atoms with E-state index in [9.17, 15) is 0 Å². The number of hydrogen-bond donors (Lipinski definition) is 0. The fourth-order valence-electron chi connectivity index (χ4n) is 2.11. The van der Waals surface area contributed by atoms with Crippen LogP contribution in [0.1, 0.15) is 25.7 Å². The summed E-state index contributed by atoms with van der Waals surface area (Å²) in [6.45, 7) is 7.79. The van der Waals surface area contributed by atoms with E-state index in [-0.39, 0.29) is 0 Å². The van der Waals surface area contributed by atoms with E-state index in [0.29, 0.717) is 5.69 Å². The van der Waals surface area contributed by atoms with Gasteiger partial charge in [0.1, 0.15) is 5.75 Å². The molecule has 2 aromatic rings. The lowest BCUT2D eigenvalue weighted by Gasteiger charge is -2.07. The molecule has 0 aliphatic heterocycles. The van der Waals surface area contributed by atoms with Crippen LogP contribution in [-0.2, 0) is 0 Å². The molecule has 20 heavy (non-hydrogen) atoms. The van der Waals surface area contributed by atoms with Gasteiger partial charge in [-0.3, -0.25) is 0 Å². The fraction of sp³-hybridized carbons (Fsp3) is 0.353. The zero-order chi connectivity index (χ0) is 14.2. The van der Waals surface area contributed by atoms with E-state index in [0.717, 1.165) is 34.9 Å². The van der Waals surface area contributed by atoms with E-state index in [1.54, 1.807) is 0 Å². The van der Waals surface area contributed by atoms with Crippen molar-refractivity contribution in [2.75, 3.05) is 11.9 Å². The number of unbranched alkanes of at least 4 members (excludes halogenated alkanes) is 3. The molecule has 0 amide bonds. The normalized spacial score (nSPS) is 10.4. The Morgan fingerprint density at radius 2 is 1.70 bits per heavy atom. The van der Waals surface area contributed by atoms with Gasteiger partial charge in [0.25, 0.3) is 0 Å². The van der Waals surface area contributed by atoms with Crippen LogP contribution < -0.4 is 4.74 Å². The molecule has 0 aliphatic rings. The average molecular weight is 332 g/mol. The van der Waals surface area contributed by atoms with Gasteiger partial charge in [-0.05, 0) is 41.8 Å². The first kappa shape index (κ1) is 14.9. The second kappa shape index (κ2) is 7.91. The molecule has 0 aromatic heterocycles. The van der Waals surface area contributed by atoms with Crippen molar-refractivity contribution < 1.29 is 4.74 Å². The zero-order valence-corrected chi connectivity index (χ0v) is 13.0. The van der Waals surface area contributed by atoms with Crippen molar-refractivity contribution in [1.29, 1.82) is 0 Å². The van der Waals surface area contributed by atoms with Gasteiger partial charge in [-0.1, -0.05) is 47.0 Å². The lowest BCUT2D eigenvalue weighted by Crippen LogP contribution is -1.97. The zero-order valence-electron chi connectivity index (χ0n) is 11.4. The lowest BCUT2D eigenvalue weighted by molar-refractivity contribution is 0.305. The van der Waals surface area contributed by atoms with Gasteiger partial charge in [-0.25, -0.2) is 4.85 Å². The Hall–Kier alpha value is -1.53. The first-order chi connectivity index (χ1) is 9.83. The number of benzene rings is 2. The van der Waals surface area contributed by atoms with Crippen molar-refractivity contribution in [3.05, 3.63) is 47.8 Å². The second-order valence-electron chi connectivity index (χ2n) is 4.76. The van der Waals surface area contributed by atoms with Gasteiger partial charge in [-0.2, -0.15) is 0 Å². The van der Waals surface area contributed by atoms with Crippen LogP contribution in [0.2, 0.25) is 0 Å². The molecule has 0 fully saturated rings. The van der Waals surface area contributed by atoms with Crippen LogP contribution >= 0.6 is 15.9 Å². The van der Waals surface area contributed by atoms with Gasteiger partial charge in [0.2, 0.25) is 0 Å². The Bertz CT molecular complexity index is 603. The van der Waals surface area contributed by atoms with Crippen LogP contribution in [0.15, 0.2) is 36.4 Å². The van der Waals surface area contributed by atoms with E-state index >= 15 is 0 Å². The van der Waals surface area contributed by atoms with Gasteiger partial charge in [0.15, 0.2) is 5.69 Å². The molecule has 0 bridgehead atoms. The summed E-state index contributed by atoms with van der Waals surface area (Å²) in [7, 11) is 0. The van der Waals surface area contributed by atoms with Crippen molar-refractivity contribution in [2.24, 2.45) is 0 Å². The number of nitrogens with zero attached hydrogens (tertiary/aromatic N) is 1. The summed E-state index contributed by atoms with van der Waals surface area (Å²) in [4.78, 5) is 3.44. The number of hydrogen-bond acceptors (Lipinski definition) is 1. The number of alkyl halides is 1. The number of ether oxygens (including phenoxy) is 1. The third kappa shape index (κ3) is 4.25. The van der Waals surface area contributed by atoms with E-state index < -0.39 is 0 Å². The first-order valence-electron chi connectivity index (χ1n) is 6.93. The summed E-state index contributed by atoms with van der Waals surface area (Å²) in [5, 5.41) is 3.29. The van der Waals surface area contributed by atoms with Crippen LogP contribution in [0, 0.1) is 6.57 Å². The Morgan fingerprint density at radius 1 is 0.950 bits per heavy atom. The number of halogens is 1. The standard InChI is InChI=1S/C17H18BrNO/c1-19-16-8-6-15-13-17(9-7-14(15)12-16)20-11-5-3-2-4-10-18/h6-9,12-13H,2-5,10-11H2. The highest BCUT2D eigenvalue weighted by atomic mass is 79.9. The molecule has 0 atom stereocenters. The Kier molecular flexibility index (Phi) is 5.88. The quantitative estimate of drug-likeness (QED) is 0.359. The Morgan fingerprint density at radius 3 is 2.50 bits per heavy atom. The van der Waals surface area contributed by atoms with Crippen molar-refractivity contribution in [3.63, 3.8) is 0 Å². The molecule has 2 rings (SSSR count). The third-order valence-corrected chi connectivity index (χ3v) is 3.78. The molecule has 0 heterocycles. The summed E-state index contributed by atoms with van der Waals surface area (Å²) in [6.07, 6.45) is 4.81. The smallest absolute Gasteiger partial charge is 0.187 e. The highest BCUT2D eigenvalue weighted by Crippen LogP contribution is 2.25. The molecule has 0 aliphatic carbocycles. The van der Waals surface area contributed by atoms with Gasteiger partial charge >= 0.3 is 0 Å². The van der Waals surface area contributed by atoms with Crippen LogP contribution in [0.4, 0.5) is 5.69 Å². The van der Waals surface area contributed by atoms with E-state index in [4.69, 9.17) is 11.3 Å². The Labute approximate surface area is 128 Å². The largest absolute Gasteiger partial charge is 0.494 e. The average Bonchev–Trinajstić information content (AvgIpc) is 2.50. The maximum Gasteiger partial charge on any atom is 0.187 e. The van der Waals surface area contributed by atoms with Gasteiger partial charge in [0.05, 0.1) is 13.2 Å². The molecular weight excluding hydrogens is 314 g/mol. The minimum Gasteiger partial charge on any atom is -0.494 e. The second-order valence-corrected chi connectivity index (χ2v) is 5.55. The van der Waals surface area contributed by atoms with Gasteiger partial charge < -0.3 is 4.74 Å². The highest BCUT2D eigenvalue weighted by molar-refractivity contribution is 9.09. The summed E-state index contributed by atoms with van der Waals surface area (Å²) < 4.78 is 5.78. The van der Waals surface area contributed by atoms with Crippen molar-refractivity contribution in [2.45, 2.75) is 25.7 Å². The molecule has 0 saturated carbocycles. The van der Waals surface area contributed by atoms with Crippen molar-refractivity contribution >= 4 is 32.4 Å². The topological polar surface area (TPSA) is 13.6 Å². The summed E-state index contributed by atoms with van der Waals surface area (Å²) in [5.74, 6) is 0.911. The summed E-state index contributed by atoms with van der Waals surface area (Å²) in [6, 6.07) is 11.8. The molecule has 0 N–H and O–H groups in total. The maximum absolute atomic E-state index is 7.02. The minimum atomic E-state index is 0.679. The predicted molar refractivity (Wildman–Crippen MR) is 88.0 cm³/mol. The van der Waals surface area contributed by atoms with Crippen molar-refractivity contribution in [3.8, 4) is 5.75 Å². The molecule has 2 nitrogen and oxygen atoms in total. The van der Waals surface area contributed by atoms with E-state index in [2.05, 4.69) is 20.8 Å². The Balaban J connectivity index is 1.90. The third-order valence-electron chi connectivity index (χ3n) is 3.22. The minimum absolute atomic E-state index is 0.679. The molecule has 0 unspecified atom stereocenters. The van der Waals surface area contributed by atoms with Gasteiger partial charge in [-0.15, -0.1) is 0 Å². The van der Waals surface area contributed by atoms with E-state index in [1.165, 1.54) is 19.3 Å². The van der Waals surface area contributed by atoms with Crippen LogP contribution in [-0.4, -0.2) is 11.9 Å². The molecule has 3 heteroatoms. The maximum atomic E-state index is 7.02. The van der Waals surface area contributed by atoms with Crippen LogP contribution in [0.3, 0.4) is 0 Å². The summed E-state index contributed by atoms with van der Waals surface area (Å²) >= 11 is 3.44.